The van der Waals surface area contributed by atoms with Gasteiger partial charge < -0.3 is 10.3 Å². The molecule has 0 saturated carbocycles. The van der Waals surface area contributed by atoms with E-state index in [2.05, 4.69) is 5.16 Å². The van der Waals surface area contributed by atoms with E-state index in [9.17, 15) is 13.2 Å². The molecule has 0 saturated heterocycles. The first-order valence-corrected chi connectivity index (χ1v) is 5.40. The van der Waals surface area contributed by atoms with Crippen LogP contribution >= 0.6 is 0 Å². The van der Waals surface area contributed by atoms with E-state index in [0.29, 0.717) is 12.2 Å². The van der Waals surface area contributed by atoms with E-state index in [-0.39, 0.29) is 17.3 Å². The zero-order chi connectivity index (χ0) is 13.3. The van der Waals surface area contributed by atoms with Gasteiger partial charge in [-0.05, 0) is 18.6 Å². The number of halogens is 3. The summed E-state index contributed by atoms with van der Waals surface area (Å²) in [5, 5.41) is 3.66. The molecule has 0 radical (unpaired) electrons. The minimum Gasteiger partial charge on any atom is -0.359 e. The number of rotatable bonds is 3. The number of nitrogens with two attached hydrogens (primary N) is 1. The third-order valence-corrected chi connectivity index (χ3v) is 2.61. The SMILES string of the molecule is CCC(N)c1cc(-c2cc(F)c(F)c(F)c2)no1. The standard InChI is InChI=1S/C12H11F3N2O/c1-2-9(16)11-5-10(17-18-11)6-3-7(13)12(15)8(14)4-6/h3-5,9H,2,16H2,1H3. The van der Waals surface area contributed by atoms with Crippen LogP contribution in [-0.2, 0) is 0 Å². The van der Waals surface area contributed by atoms with Crippen molar-refractivity contribution in [1.82, 2.24) is 5.16 Å². The van der Waals surface area contributed by atoms with Gasteiger partial charge in [0.15, 0.2) is 23.2 Å². The summed E-state index contributed by atoms with van der Waals surface area (Å²) in [6, 6.07) is 2.87. The number of hydrogen-bond donors (Lipinski definition) is 1. The molecule has 1 aromatic heterocycles. The zero-order valence-electron chi connectivity index (χ0n) is 9.58. The van der Waals surface area contributed by atoms with Crippen LogP contribution in [0, 0.1) is 17.5 Å². The van der Waals surface area contributed by atoms with Gasteiger partial charge in [-0.15, -0.1) is 0 Å². The summed E-state index contributed by atoms with van der Waals surface area (Å²) >= 11 is 0. The Morgan fingerprint density at radius 2 is 1.83 bits per heavy atom. The summed E-state index contributed by atoms with van der Waals surface area (Å²) in [5.74, 6) is -3.63. The summed E-state index contributed by atoms with van der Waals surface area (Å²) in [7, 11) is 0. The van der Waals surface area contributed by atoms with E-state index >= 15 is 0 Å². The molecule has 18 heavy (non-hydrogen) atoms. The Morgan fingerprint density at radius 1 is 1.22 bits per heavy atom. The lowest BCUT2D eigenvalue weighted by atomic mass is 10.1. The molecular weight excluding hydrogens is 245 g/mol. The molecule has 6 heteroatoms. The van der Waals surface area contributed by atoms with Gasteiger partial charge in [0.05, 0.1) is 6.04 Å². The van der Waals surface area contributed by atoms with Crippen molar-refractivity contribution in [3.8, 4) is 11.3 Å². The Hall–Kier alpha value is -1.82. The fourth-order valence-electron chi connectivity index (χ4n) is 1.50. The van der Waals surface area contributed by atoms with Crippen LogP contribution in [0.3, 0.4) is 0 Å². The van der Waals surface area contributed by atoms with Crippen molar-refractivity contribution in [2.24, 2.45) is 5.73 Å². The predicted octanol–water partition coefficient (Wildman–Crippen LogP) is 3.17. The minimum atomic E-state index is -1.51. The molecule has 1 aromatic carbocycles. The van der Waals surface area contributed by atoms with Crippen molar-refractivity contribution in [1.29, 1.82) is 0 Å². The zero-order valence-corrected chi connectivity index (χ0v) is 9.58. The molecule has 1 atom stereocenters. The van der Waals surface area contributed by atoms with E-state index in [1.54, 1.807) is 0 Å². The normalized spacial score (nSPS) is 12.7. The van der Waals surface area contributed by atoms with Crippen LogP contribution in [0.5, 0.6) is 0 Å². The Morgan fingerprint density at radius 3 is 2.39 bits per heavy atom. The number of hydrogen-bond acceptors (Lipinski definition) is 3. The second kappa shape index (κ2) is 4.81. The maximum atomic E-state index is 13.1. The third kappa shape index (κ3) is 2.24. The van der Waals surface area contributed by atoms with Crippen LogP contribution in [-0.4, -0.2) is 5.16 Å². The molecule has 1 unspecified atom stereocenters. The largest absolute Gasteiger partial charge is 0.359 e. The Bertz CT molecular complexity index is 545. The van der Waals surface area contributed by atoms with E-state index in [0.717, 1.165) is 12.1 Å². The highest BCUT2D eigenvalue weighted by Crippen LogP contribution is 2.25. The number of nitrogens with zero attached hydrogens (tertiary/aromatic N) is 1. The van der Waals surface area contributed by atoms with Crippen molar-refractivity contribution >= 4 is 0 Å². The predicted molar refractivity (Wildman–Crippen MR) is 59.0 cm³/mol. The van der Waals surface area contributed by atoms with Gasteiger partial charge in [-0.25, -0.2) is 13.2 Å². The molecule has 0 fully saturated rings. The van der Waals surface area contributed by atoms with E-state index in [4.69, 9.17) is 10.3 Å². The molecule has 2 aromatic rings. The molecule has 0 spiro atoms. The monoisotopic (exact) mass is 256 g/mol. The lowest BCUT2D eigenvalue weighted by Crippen LogP contribution is -2.06. The van der Waals surface area contributed by atoms with Crippen molar-refractivity contribution in [2.45, 2.75) is 19.4 Å². The van der Waals surface area contributed by atoms with Crippen molar-refractivity contribution in [2.75, 3.05) is 0 Å². The Labute approximate surface area is 101 Å². The van der Waals surface area contributed by atoms with E-state index < -0.39 is 17.5 Å². The van der Waals surface area contributed by atoms with Gasteiger partial charge >= 0.3 is 0 Å². The van der Waals surface area contributed by atoms with Gasteiger partial charge in [0.25, 0.3) is 0 Å². The van der Waals surface area contributed by atoms with Crippen molar-refractivity contribution < 1.29 is 17.7 Å². The summed E-state index contributed by atoms with van der Waals surface area (Å²) < 4.78 is 43.9. The van der Waals surface area contributed by atoms with Gasteiger partial charge in [-0.1, -0.05) is 12.1 Å². The number of benzene rings is 1. The molecule has 0 aliphatic rings. The summed E-state index contributed by atoms with van der Waals surface area (Å²) in [5.41, 5.74) is 6.04. The van der Waals surface area contributed by atoms with Crippen LogP contribution in [0.25, 0.3) is 11.3 Å². The summed E-state index contributed by atoms with van der Waals surface area (Å²) in [4.78, 5) is 0. The van der Waals surface area contributed by atoms with Gasteiger partial charge in [0.2, 0.25) is 0 Å². The fourth-order valence-corrected chi connectivity index (χ4v) is 1.50. The molecule has 0 aliphatic heterocycles. The van der Waals surface area contributed by atoms with Crippen LogP contribution in [0.15, 0.2) is 22.7 Å². The molecule has 3 nitrogen and oxygen atoms in total. The molecule has 0 aliphatic carbocycles. The van der Waals surface area contributed by atoms with Crippen LogP contribution in [0.4, 0.5) is 13.2 Å². The highest BCUT2D eigenvalue weighted by atomic mass is 19.2. The lowest BCUT2D eigenvalue weighted by molar-refractivity contribution is 0.360. The van der Waals surface area contributed by atoms with Crippen molar-refractivity contribution in [3.05, 3.63) is 41.4 Å². The third-order valence-electron chi connectivity index (χ3n) is 2.61. The van der Waals surface area contributed by atoms with E-state index in [1.165, 1.54) is 6.07 Å². The Kier molecular flexibility index (Phi) is 3.38. The van der Waals surface area contributed by atoms with Gasteiger partial charge in [-0.3, -0.25) is 0 Å². The fraction of sp³-hybridized carbons (Fsp3) is 0.250. The maximum absolute atomic E-state index is 13.1. The molecule has 2 N–H and O–H groups in total. The highest BCUT2D eigenvalue weighted by molar-refractivity contribution is 5.59. The lowest BCUT2D eigenvalue weighted by Gasteiger charge is -2.01. The summed E-state index contributed by atoms with van der Waals surface area (Å²) in [6.45, 7) is 1.87. The second-order valence-electron chi connectivity index (χ2n) is 3.88. The first kappa shape index (κ1) is 12.6. The van der Waals surface area contributed by atoms with Crippen LogP contribution in [0.2, 0.25) is 0 Å². The Balaban J connectivity index is 2.40. The highest BCUT2D eigenvalue weighted by Gasteiger charge is 2.16. The molecule has 96 valence electrons. The molecule has 2 rings (SSSR count). The quantitative estimate of drug-likeness (QED) is 0.858. The molecule has 0 amide bonds. The van der Waals surface area contributed by atoms with Gasteiger partial charge in [0.1, 0.15) is 5.69 Å². The smallest absolute Gasteiger partial charge is 0.194 e. The first-order valence-electron chi connectivity index (χ1n) is 5.40. The topological polar surface area (TPSA) is 52.0 Å². The van der Waals surface area contributed by atoms with Gasteiger partial charge in [0, 0.05) is 11.6 Å². The second-order valence-corrected chi connectivity index (χ2v) is 3.88. The van der Waals surface area contributed by atoms with Gasteiger partial charge in [-0.2, -0.15) is 0 Å². The molecular formula is C12H11F3N2O. The van der Waals surface area contributed by atoms with Crippen LogP contribution in [0.1, 0.15) is 25.1 Å². The van der Waals surface area contributed by atoms with Crippen molar-refractivity contribution in [3.63, 3.8) is 0 Å². The van der Waals surface area contributed by atoms with Crippen LogP contribution < -0.4 is 5.73 Å². The summed E-state index contributed by atoms with van der Waals surface area (Å²) in [6.07, 6.45) is 0.640. The van der Waals surface area contributed by atoms with E-state index in [1.807, 2.05) is 6.92 Å². The average Bonchev–Trinajstić information content (AvgIpc) is 2.84. The molecule has 1 heterocycles. The molecule has 0 bridgehead atoms. The minimum absolute atomic E-state index is 0.102. The first-order chi connectivity index (χ1) is 8.52. The maximum Gasteiger partial charge on any atom is 0.194 e. The average molecular weight is 256 g/mol. The number of aromatic nitrogens is 1.